The van der Waals surface area contributed by atoms with Gasteiger partial charge in [-0.2, -0.15) is 0 Å². The molecule has 0 aliphatic carbocycles. The largest absolute Gasteiger partial charge is 0.496 e. The zero-order valence-corrected chi connectivity index (χ0v) is 15.3. The summed E-state index contributed by atoms with van der Waals surface area (Å²) in [5, 5.41) is 0. The molecule has 1 aliphatic rings. The Morgan fingerprint density at radius 1 is 1.03 bits per heavy atom. The number of hydrogen-bond acceptors (Lipinski definition) is 5. The van der Waals surface area contributed by atoms with Gasteiger partial charge in [-0.25, -0.2) is 9.18 Å². The van der Waals surface area contributed by atoms with Gasteiger partial charge in [-0.1, -0.05) is 18.2 Å². The lowest BCUT2D eigenvalue weighted by molar-refractivity contribution is 0.0734. The number of halogens is 1. The number of carbonyl (C=O) groups is 2. The van der Waals surface area contributed by atoms with Crippen molar-refractivity contribution in [1.82, 2.24) is 0 Å². The predicted octanol–water partition coefficient (Wildman–Crippen LogP) is 4.67. The molecule has 5 nitrogen and oxygen atoms in total. The summed E-state index contributed by atoms with van der Waals surface area (Å²) in [6.07, 6.45) is 1.60. The Hall–Kier alpha value is -3.93. The second-order valence-corrected chi connectivity index (χ2v) is 6.24. The number of esters is 1. The molecule has 3 aromatic rings. The molecule has 0 unspecified atom stereocenters. The number of benzene rings is 3. The van der Waals surface area contributed by atoms with Crippen molar-refractivity contribution in [3.05, 3.63) is 95.0 Å². The van der Waals surface area contributed by atoms with Gasteiger partial charge in [0.2, 0.25) is 5.78 Å². The number of rotatable bonds is 4. The maximum Gasteiger partial charge on any atom is 0.343 e. The van der Waals surface area contributed by atoms with Crippen molar-refractivity contribution in [3.8, 4) is 17.2 Å². The van der Waals surface area contributed by atoms with Gasteiger partial charge in [0.05, 0.1) is 18.2 Å². The molecule has 1 heterocycles. The minimum absolute atomic E-state index is 0.145. The third-order valence-electron chi connectivity index (χ3n) is 4.36. The molecule has 1 aliphatic heterocycles. The molecule has 0 saturated carbocycles. The smallest absolute Gasteiger partial charge is 0.343 e. The second-order valence-electron chi connectivity index (χ2n) is 6.24. The van der Waals surface area contributed by atoms with Gasteiger partial charge in [0.25, 0.3) is 0 Å². The molecule has 29 heavy (non-hydrogen) atoms. The van der Waals surface area contributed by atoms with E-state index in [0.717, 1.165) is 0 Å². The minimum Gasteiger partial charge on any atom is -0.496 e. The zero-order chi connectivity index (χ0) is 20.4. The Labute approximate surface area is 166 Å². The summed E-state index contributed by atoms with van der Waals surface area (Å²) in [5.41, 5.74) is 1.28. The summed E-state index contributed by atoms with van der Waals surface area (Å²) < 4.78 is 29.3. The Morgan fingerprint density at radius 3 is 2.55 bits per heavy atom. The van der Waals surface area contributed by atoms with Crippen LogP contribution in [0.3, 0.4) is 0 Å². The summed E-state index contributed by atoms with van der Waals surface area (Å²) in [5.74, 6) is -0.0977. The molecule has 4 rings (SSSR count). The van der Waals surface area contributed by atoms with Crippen LogP contribution in [0.15, 0.2) is 72.5 Å². The first-order chi connectivity index (χ1) is 14.0. The van der Waals surface area contributed by atoms with Crippen molar-refractivity contribution in [1.29, 1.82) is 0 Å². The van der Waals surface area contributed by atoms with Crippen LogP contribution in [0.1, 0.15) is 26.3 Å². The first-order valence-corrected chi connectivity index (χ1v) is 8.74. The summed E-state index contributed by atoms with van der Waals surface area (Å²) >= 11 is 0. The third-order valence-corrected chi connectivity index (χ3v) is 4.36. The fraction of sp³-hybridized carbons (Fsp3) is 0.0435. The number of ether oxygens (including phenoxy) is 3. The van der Waals surface area contributed by atoms with Crippen LogP contribution in [-0.4, -0.2) is 18.9 Å². The molecule has 0 aromatic heterocycles. The Kier molecular flexibility index (Phi) is 4.83. The van der Waals surface area contributed by atoms with Crippen molar-refractivity contribution in [2.45, 2.75) is 0 Å². The van der Waals surface area contributed by atoms with Crippen molar-refractivity contribution < 1.29 is 28.2 Å². The highest BCUT2D eigenvalue weighted by atomic mass is 19.1. The molecule has 0 fully saturated rings. The van der Waals surface area contributed by atoms with Crippen molar-refractivity contribution >= 4 is 17.8 Å². The lowest BCUT2D eigenvalue weighted by Crippen LogP contribution is -2.08. The van der Waals surface area contributed by atoms with Gasteiger partial charge in [-0.05, 0) is 48.5 Å². The average Bonchev–Trinajstić information content (AvgIpc) is 3.03. The molecule has 0 N–H and O–H groups in total. The lowest BCUT2D eigenvalue weighted by atomic mass is 10.1. The predicted molar refractivity (Wildman–Crippen MR) is 104 cm³/mol. The molecular weight excluding hydrogens is 375 g/mol. The van der Waals surface area contributed by atoms with E-state index in [9.17, 15) is 14.0 Å². The third kappa shape index (κ3) is 3.73. The quantitative estimate of drug-likeness (QED) is 0.368. The Balaban J connectivity index is 1.56. The van der Waals surface area contributed by atoms with E-state index in [1.54, 1.807) is 25.3 Å². The van der Waals surface area contributed by atoms with Crippen molar-refractivity contribution in [2.24, 2.45) is 0 Å². The number of fused-ring (bicyclic) bond motifs is 1. The molecular formula is C23H15FO5. The van der Waals surface area contributed by atoms with Crippen LogP contribution in [0.5, 0.6) is 17.2 Å². The Bertz CT molecular complexity index is 1130. The van der Waals surface area contributed by atoms with Gasteiger partial charge < -0.3 is 14.2 Å². The molecule has 0 bridgehead atoms. The normalized spacial score (nSPS) is 13.7. The highest BCUT2D eigenvalue weighted by Gasteiger charge is 2.28. The van der Waals surface area contributed by atoms with E-state index >= 15 is 0 Å². The van der Waals surface area contributed by atoms with Crippen molar-refractivity contribution in [2.75, 3.05) is 7.11 Å². The maximum absolute atomic E-state index is 13.0. The van der Waals surface area contributed by atoms with Gasteiger partial charge in [-0.15, -0.1) is 0 Å². The summed E-state index contributed by atoms with van der Waals surface area (Å²) in [6.45, 7) is 0. The van der Waals surface area contributed by atoms with Gasteiger partial charge >= 0.3 is 5.97 Å². The number of Topliss-reactive ketones (excluding diaryl/α,β-unsaturated/α-hetero) is 1. The molecule has 0 radical (unpaired) electrons. The number of hydrogen-bond donors (Lipinski definition) is 0. The van der Waals surface area contributed by atoms with Gasteiger partial charge in [0.1, 0.15) is 23.1 Å². The molecule has 6 heteroatoms. The van der Waals surface area contributed by atoms with E-state index in [-0.39, 0.29) is 22.9 Å². The summed E-state index contributed by atoms with van der Waals surface area (Å²) in [4.78, 5) is 24.8. The molecule has 3 aromatic carbocycles. The van der Waals surface area contributed by atoms with Crippen LogP contribution in [-0.2, 0) is 0 Å². The topological polar surface area (TPSA) is 61.8 Å². The lowest BCUT2D eigenvalue weighted by Gasteiger charge is -2.06. The zero-order valence-electron chi connectivity index (χ0n) is 15.3. The fourth-order valence-electron chi connectivity index (χ4n) is 2.91. The molecule has 0 atom stereocenters. The van der Waals surface area contributed by atoms with Crippen LogP contribution in [0.25, 0.3) is 6.08 Å². The SMILES string of the molecule is COc1ccccc1C=C1Oc2cc(OC(=O)c3ccc(F)cc3)ccc2C1=O. The highest BCUT2D eigenvalue weighted by molar-refractivity contribution is 6.14. The first kappa shape index (κ1) is 18.4. The van der Waals surface area contributed by atoms with Crippen LogP contribution >= 0.6 is 0 Å². The van der Waals surface area contributed by atoms with E-state index in [4.69, 9.17) is 14.2 Å². The van der Waals surface area contributed by atoms with Crippen LogP contribution < -0.4 is 14.2 Å². The molecule has 0 amide bonds. The second kappa shape index (κ2) is 7.59. The van der Waals surface area contributed by atoms with Gasteiger partial charge in [0, 0.05) is 11.6 Å². The van der Waals surface area contributed by atoms with Gasteiger partial charge in [0.15, 0.2) is 5.76 Å². The van der Waals surface area contributed by atoms with Crippen LogP contribution in [0, 0.1) is 5.82 Å². The number of methoxy groups -OCH3 is 1. The number of allylic oxidation sites excluding steroid dienone is 1. The summed E-state index contributed by atoms with van der Waals surface area (Å²) in [7, 11) is 1.55. The maximum atomic E-state index is 13.0. The standard InChI is InChI=1S/C23H15FO5/c1-27-19-5-3-2-4-15(19)12-21-22(25)18-11-10-17(13-20(18)29-21)28-23(26)14-6-8-16(24)9-7-14/h2-13H,1H3. The summed E-state index contributed by atoms with van der Waals surface area (Å²) in [6, 6.07) is 16.8. The molecule has 0 spiro atoms. The first-order valence-electron chi connectivity index (χ1n) is 8.74. The fourth-order valence-corrected chi connectivity index (χ4v) is 2.91. The van der Waals surface area contributed by atoms with E-state index in [0.29, 0.717) is 22.6 Å². The number of carbonyl (C=O) groups excluding carboxylic acids is 2. The van der Waals surface area contributed by atoms with Crippen LogP contribution in [0.2, 0.25) is 0 Å². The minimum atomic E-state index is -0.640. The van der Waals surface area contributed by atoms with Gasteiger partial charge in [-0.3, -0.25) is 4.79 Å². The van der Waals surface area contributed by atoms with Crippen molar-refractivity contribution in [3.63, 3.8) is 0 Å². The average molecular weight is 390 g/mol. The van der Waals surface area contributed by atoms with Crippen LogP contribution in [0.4, 0.5) is 4.39 Å². The Morgan fingerprint density at radius 2 is 1.79 bits per heavy atom. The van der Waals surface area contributed by atoms with E-state index in [2.05, 4.69) is 0 Å². The number of para-hydroxylation sites is 1. The number of ketones is 1. The molecule has 144 valence electrons. The van der Waals surface area contributed by atoms with E-state index in [1.165, 1.54) is 42.5 Å². The highest BCUT2D eigenvalue weighted by Crippen LogP contribution is 2.35. The van der Waals surface area contributed by atoms with E-state index in [1.807, 2.05) is 12.1 Å². The monoisotopic (exact) mass is 390 g/mol. The van der Waals surface area contributed by atoms with E-state index < -0.39 is 11.8 Å². The molecule has 0 saturated heterocycles.